The fourth-order valence-corrected chi connectivity index (χ4v) is 4.73. The van der Waals surface area contributed by atoms with Crippen LogP contribution in [0.3, 0.4) is 0 Å². The van der Waals surface area contributed by atoms with E-state index in [9.17, 15) is 0 Å². The monoisotopic (exact) mass is 486 g/mol. The van der Waals surface area contributed by atoms with Crippen molar-refractivity contribution in [3.05, 3.63) is 12.2 Å². The summed E-state index contributed by atoms with van der Waals surface area (Å²) in [6.45, 7) is 8.75. The molecule has 1 unspecified atom stereocenters. The summed E-state index contributed by atoms with van der Waals surface area (Å²) in [4.78, 5) is 0. The molecule has 0 aromatic carbocycles. The van der Waals surface area contributed by atoms with E-state index in [0.29, 0.717) is 0 Å². The van der Waals surface area contributed by atoms with Crippen LogP contribution < -0.4 is 0 Å². The Hall–Kier alpha value is -0.420. The van der Waals surface area contributed by atoms with Crippen molar-refractivity contribution in [1.29, 1.82) is 0 Å². The fraction of sp³-hybridized carbons (Fsp3) is 0.933. The van der Waals surface area contributed by atoms with E-state index in [0.717, 1.165) is 25.7 Å². The van der Waals surface area contributed by atoms with Crippen LogP contribution in [0.25, 0.3) is 0 Å². The van der Waals surface area contributed by atoms with Crippen molar-refractivity contribution in [2.24, 2.45) is 0 Å². The van der Waals surface area contributed by atoms with Crippen molar-refractivity contribution >= 4 is 0 Å². The molecule has 0 aliphatic rings. The van der Waals surface area contributed by atoms with Crippen molar-refractivity contribution in [3.63, 3.8) is 0 Å². The molecule has 0 aliphatic heterocycles. The molecular formula is C30H62O4. The Morgan fingerprint density at radius 1 is 0.500 bits per heavy atom. The lowest BCUT2D eigenvalue weighted by molar-refractivity contribution is -0.425. The summed E-state index contributed by atoms with van der Waals surface area (Å²) in [5, 5.41) is 0. The molecule has 1 atom stereocenters. The van der Waals surface area contributed by atoms with E-state index in [2.05, 4.69) is 39.8 Å². The van der Waals surface area contributed by atoms with Gasteiger partial charge in [-0.3, -0.25) is 0 Å². The van der Waals surface area contributed by atoms with Gasteiger partial charge in [-0.15, -0.1) is 0 Å². The molecule has 0 aromatic rings. The molecule has 0 spiro atoms. The van der Waals surface area contributed by atoms with Crippen molar-refractivity contribution in [2.45, 2.75) is 155 Å². The molecule has 0 bridgehead atoms. The zero-order chi connectivity index (χ0) is 26.0. The lowest BCUT2D eigenvalue weighted by Gasteiger charge is -2.45. The van der Waals surface area contributed by atoms with Gasteiger partial charge in [0.15, 0.2) is 0 Å². The summed E-state index contributed by atoms with van der Waals surface area (Å²) < 4.78 is 22.6. The van der Waals surface area contributed by atoms with E-state index in [-0.39, 0.29) is 0 Å². The second-order valence-corrected chi connectivity index (χ2v) is 9.47. The van der Waals surface area contributed by atoms with Gasteiger partial charge in [-0.05, 0) is 32.6 Å². The molecule has 0 fully saturated rings. The fourth-order valence-electron chi connectivity index (χ4n) is 4.73. The Labute approximate surface area is 214 Å². The first-order chi connectivity index (χ1) is 16.5. The van der Waals surface area contributed by atoms with Gasteiger partial charge in [0.05, 0.1) is 0 Å². The van der Waals surface area contributed by atoms with Crippen LogP contribution in [0.1, 0.15) is 143 Å². The van der Waals surface area contributed by atoms with Gasteiger partial charge in [-0.2, -0.15) is 0 Å². The predicted octanol–water partition coefficient (Wildman–Crippen LogP) is 9.61. The zero-order valence-electron chi connectivity index (χ0n) is 24.5. The first kappa shape index (κ1) is 35.7. The molecule has 206 valence electrons. The number of methoxy groups -OCH3 is 4. The predicted molar refractivity (Wildman–Crippen MR) is 148 cm³/mol. The SMILES string of the molecule is CC=CCCCCCCCCCC.CCCCCCCCC(CCC)(OC)C(OC)(OC)OC. The van der Waals surface area contributed by atoms with E-state index >= 15 is 0 Å². The number of rotatable bonds is 23. The van der Waals surface area contributed by atoms with E-state index < -0.39 is 11.6 Å². The molecule has 0 aromatic heterocycles. The third-order valence-corrected chi connectivity index (χ3v) is 6.80. The Kier molecular flexibility index (Phi) is 27.0. The molecule has 34 heavy (non-hydrogen) atoms. The second kappa shape index (κ2) is 25.7. The topological polar surface area (TPSA) is 36.9 Å². The summed E-state index contributed by atoms with van der Waals surface area (Å²) >= 11 is 0. The van der Waals surface area contributed by atoms with Gasteiger partial charge >= 0.3 is 5.97 Å². The largest absolute Gasteiger partial charge is 0.370 e. The van der Waals surface area contributed by atoms with Crippen molar-refractivity contribution < 1.29 is 18.9 Å². The Bertz CT molecular complexity index is 412. The highest BCUT2D eigenvalue weighted by Gasteiger charge is 2.53. The van der Waals surface area contributed by atoms with Gasteiger partial charge in [0.2, 0.25) is 0 Å². The minimum Gasteiger partial charge on any atom is -0.370 e. The van der Waals surface area contributed by atoms with Gasteiger partial charge in [0.1, 0.15) is 5.60 Å². The smallest absolute Gasteiger partial charge is 0.313 e. The molecular weight excluding hydrogens is 424 g/mol. The highest BCUT2D eigenvalue weighted by molar-refractivity contribution is 4.90. The van der Waals surface area contributed by atoms with E-state index in [1.54, 1.807) is 28.4 Å². The highest BCUT2D eigenvalue weighted by Crippen LogP contribution is 2.39. The molecule has 0 amide bonds. The van der Waals surface area contributed by atoms with E-state index in [1.807, 2.05) is 0 Å². The second-order valence-electron chi connectivity index (χ2n) is 9.47. The van der Waals surface area contributed by atoms with Crippen LogP contribution in [0.5, 0.6) is 0 Å². The zero-order valence-corrected chi connectivity index (χ0v) is 24.5. The lowest BCUT2D eigenvalue weighted by Crippen LogP contribution is -2.59. The maximum Gasteiger partial charge on any atom is 0.313 e. The molecule has 4 nitrogen and oxygen atoms in total. The number of hydrogen-bond donors (Lipinski definition) is 0. The minimum absolute atomic E-state index is 0.565. The number of ether oxygens (including phenoxy) is 4. The Morgan fingerprint density at radius 2 is 0.941 bits per heavy atom. The quantitative estimate of drug-likeness (QED) is 0.0818. The van der Waals surface area contributed by atoms with Crippen LogP contribution in [-0.2, 0) is 18.9 Å². The number of allylic oxidation sites excluding steroid dienone is 2. The summed E-state index contributed by atoms with van der Waals surface area (Å²) in [7, 11) is 6.55. The summed E-state index contributed by atoms with van der Waals surface area (Å²) in [5.74, 6) is -1.14. The Morgan fingerprint density at radius 3 is 1.32 bits per heavy atom. The van der Waals surface area contributed by atoms with Gasteiger partial charge < -0.3 is 18.9 Å². The molecule has 0 radical (unpaired) electrons. The first-order valence-electron chi connectivity index (χ1n) is 14.3. The maximum absolute atomic E-state index is 5.87. The van der Waals surface area contributed by atoms with Gasteiger partial charge in [0.25, 0.3) is 0 Å². The average Bonchev–Trinajstić information content (AvgIpc) is 2.86. The number of hydrogen-bond acceptors (Lipinski definition) is 4. The van der Waals surface area contributed by atoms with E-state index in [4.69, 9.17) is 18.9 Å². The third-order valence-electron chi connectivity index (χ3n) is 6.80. The summed E-state index contributed by atoms with van der Waals surface area (Å²) in [5.41, 5.74) is -0.565. The molecule has 0 aliphatic carbocycles. The van der Waals surface area contributed by atoms with Crippen molar-refractivity contribution in [2.75, 3.05) is 28.4 Å². The van der Waals surface area contributed by atoms with E-state index in [1.165, 1.54) is 89.9 Å². The van der Waals surface area contributed by atoms with Crippen LogP contribution in [0, 0.1) is 0 Å². The van der Waals surface area contributed by atoms with Crippen LogP contribution in [0.2, 0.25) is 0 Å². The standard InChI is InChI=1S/C17H36O4.C13H26/c1-7-9-10-11-12-13-15-16(18-3,14-8-2)17(19-4,20-5)21-6;1-3-5-7-9-11-13-12-10-8-6-4-2/h7-15H2,1-6H3;3,5H,4,6-13H2,1-2H3. The average molecular weight is 487 g/mol. The summed E-state index contributed by atoms with van der Waals surface area (Å²) in [6, 6.07) is 0. The molecule has 0 heterocycles. The van der Waals surface area contributed by atoms with Gasteiger partial charge in [0, 0.05) is 28.4 Å². The van der Waals surface area contributed by atoms with Crippen LogP contribution >= 0.6 is 0 Å². The molecule has 0 saturated carbocycles. The van der Waals surface area contributed by atoms with Crippen LogP contribution in [0.4, 0.5) is 0 Å². The normalized spacial score (nSPS) is 13.6. The maximum atomic E-state index is 5.87. The molecule has 4 heteroatoms. The molecule has 0 N–H and O–H groups in total. The molecule has 0 saturated heterocycles. The van der Waals surface area contributed by atoms with Crippen molar-refractivity contribution in [3.8, 4) is 0 Å². The minimum atomic E-state index is -1.14. The molecule has 0 rings (SSSR count). The van der Waals surface area contributed by atoms with Crippen LogP contribution in [-0.4, -0.2) is 40.0 Å². The highest BCUT2D eigenvalue weighted by atomic mass is 16.9. The van der Waals surface area contributed by atoms with Crippen molar-refractivity contribution in [1.82, 2.24) is 0 Å². The Balaban J connectivity index is 0. The van der Waals surface area contributed by atoms with Crippen LogP contribution in [0.15, 0.2) is 12.2 Å². The summed E-state index contributed by atoms with van der Waals surface area (Å²) in [6.07, 6.45) is 27.3. The van der Waals surface area contributed by atoms with Gasteiger partial charge in [-0.25, -0.2) is 0 Å². The third kappa shape index (κ3) is 15.5. The first-order valence-corrected chi connectivity index (χ1v) is 14.3. The number of unbranched alkanes of at least 4 members (excludes halogenated alkanes) is 13. The lowest BCUT2D eigenvalue weighted by atomic mass is 9.87. The van der Waals surface area contributed by atoms with Gasteiger partial charge in [-0.1, -0.05) is 123 Å².